The molecule has 0 bridgehead atoms. The van der Waals surface area contributed by atoms with Gasteiger partial charge in [-0.05, 0) is 56.1 Å². The number of carboxylic acid groups (broad SMARTS) is 1. The summed E-state index contributed by atoms with van der Waals surface area (Å²) in [6, 6.07) is 6.88. The van der Waals surface area contributed by atoms with Gasteiger partial charge in [0.15, 0.2) is 0 Å². The molecule has 3 nitrogen and oxygen atoms in total. The first kappa shape index (κ1) is 15.3. The number of ether oxygens (including phenoxy) is 1. The van der Waals surface area contributed by atoms with Crippen LogP contribution in [0.1, 0.15) is 10.4 Å². The summed E-state index contributed by atoms with van der Waals surface area (Å²) in [5.74, 6) is -1.06. The highest BCUT2D eigenvalue weighted by atomic mass is 79.9. The minimum Gasteiger partial charge on any atom is -0.478 e. The summed E-state index contributed by atoms with van der Waals surface area (Å²) in [6.07, 6.45) is 0. The summed E-state index contributed by atoms with van der Waals surface area (Å²) in [7, 11) is 0. The monoisotopic (exact) mass is 422 g/mol. The Hall–Kier alpha value is -1.11. The molecule has 0 aliphatic rings. The lowest BCUT2D eigenvalue weighted by Crippen LogP contribution is -1.97. The third kappa shape index (κ3) is 3.31. The quantitative estimate of drug-likeness (QED) is 0.663. The molecular weight excluding hydrogens is 418 g/mol. The highest BCUT2D eigenvalue weighted by Crippen LogP contribution is 2.35. The lowest BCUT2D eigenvalue weighted by atomic mass is 10.2. The van der Waals surface area contributed by atoms with Gasteiger partial charge in [-0.15, -0.1) is 0 Å². The average molecular weight is 424 g/mol. The Kier molecular flexibility index (Phi) is 4.67. The maximum absolute atomic E-state index is 13.4. The topological polar surface area (TPSA) is 46.5 Å². The second-order valence-corrected chi connectivity index (χ2v) is 5.86. The van der Waals surface area contributed by atoms with Gasteiger partial charge in [0.25, 0.3) is 0 Å². The Balaban J connectivity index is 2.33. The van der Waals surface area contributed by atoms with Gasteiger partial charge in [0.2, 0.25) is 0 Å². The highest BCUT2D eigenvalue weighted by molar-refractivity contribution is 9.10. The van der Waals surface area contributed by atoms with Crippen LogP contribution < -0.4 is 4.74 Å². The zero-order chi connectivity index (χ0) is 14.9. The maximum Gasteiger partial charge on any atom is 0.336 e. The number of halogens is 4. The first-order valence-corrected chi connectivity index (χ1v) is 7.20. The van der Waals surface area contributed by atoms with Crippen molar-refractivity contribution in [3.05, 3.63) is 55.7 Å². The Labute approximate surface area is 135 Å². The van der Waals surface area contributed by atoms with Gasteiger partial charge in [0.05, 0.1) is 15.1 Å². The summed E-state index contributed by atoms with van der Waals surface area (Å²) < 4.78 is 19.7. The summed E-state index contributed by atoms with van der Waals surface area (Å²) >= 11 is 12.0. The largest absolute Gasteiger partial charge is 0.478 e. The Morgan fingerprint density at radius 1 is 1.20 bits per heavy atom. The molecule has 0 aliphatic heterocycles. The molecule has 0 fully saturated rings. The lowest BCUT2D eigenvalue weighted by molar-refractivity contribution is 0.0696. The fourth-order valence-electron chi connectivity index (χ4n) is 1.44. The molecule has 7 heteroatoms. The van der Waals surface area contributed by atoms with Crippen LogP contribution in [-0.4, -0.2) is 11.1 Å². The van der Waals surface area contributed by atoms with E-state index in [2.05, 4.69) is 31.9 Å². The Morgan fingerprint density at radius 3 is 2.50 bits per heavy atom. The van der Waals surface area contributed by atoms with Crippen LogP contribution in [0.25, 0.3) is 0 Å². The molecule has 2 aromatic rings. The Bertz CT molecular complexity index is 692. The third-order valence-corrected chi connectivity index (χ3v) is 3.94. The van der Waals surface area contributed by atoms with Crippen molar-refractivity contribution in [3.63, 3.8) is 0 Å². The second kappa shape index (κ2) is 6.11. The van der Waals surface area contributed by atoms with Gasteiger partial charge in [-0.2, -0.15) is 0 Å². The molecule has 20 heavy (non-hydrogen) atoms. The highest BCUT2D eigenvalue weighted by Gasteiger charge is 2.12. The standard InChI is InChI=1S/C13H6Br2ClFO3/c14-8-3-6(1-2-7(8)13(18)19)20-12-5-11(17)10(16)4-9(12)15/h1-5H,(H,18,19). The van der Waals surface area contributed by atoms with Gasteiger partial charge < -0.3 is 9.84 Å². The normalized spacial score (nSPS) is 10.4. The van der Waals surface area contributed by atoms with Crippen LogP contribution in [0.15, 0.2) is 39.3 Å². The number of carbonyl (C=O) groups is 1. The average Bonchev–Trinajstić information content (AvgIpc) is 2.35. The van der Waals surface area contributed by atoms with Gasteiger partial charge in [-0.1, -0.05) is 11.6 Å². The number of hydrogen-bond donors (Lipinski definition) is 1. The van der Waals surface area contributed by atoms with Crippen LogP contribution in [-0.2, 0) is 0 Å². The van der Waals surface area contributed by atoms with Crippen molar-refractivity contribution in [2.45, 2.75) is 0 Å². The first-order valence-electron chi connectivity index (χ1n) is 5.23. The molecule has 0 amide bonds. The second-order valence-electron chi connectivity index (χ2n) is 3.75. The predicted octanol–water partition coefficient (Wildman–Crippen LogP) is 5.49. The number of carboxylic acids is 1. The molecule has 0 spiro atoms. The molecule has 0 radical (unpaired) electrons. The van der Waals surface area contributed by atoms with Crippen LogP contribution in [0.2, 0.25) is 5.02 Å². The minimum absolute atomic E-state index is 0.0216. The van der Waals surface area contributed by atoms with Crippen molar-refractivity contribution in [3.8, 4) is 11.5 Å². The molecule has 0 saturated carbocycles. The van der Waals surface area contributed by atoms with E-state index >= 15 is 0 Å². The molecule has 2 aromatic carbocycles. The van der Waals surface area contributed by atoms with Crippen molar-refractivity contribution in [1.82, 2.24) is 0 Å². The van der Waals surface area contributed by atoms with E-state index in [1.165, 1.54) is 24.3 Å². The summed E-state index contributed by atoms with van der Waals surface area (Å²) in [6.45, 7) is 0. The number of aromatic carboxylic acids is 1. The third-order valence-electron chi connectivity index (χ3n) is 2.37. The van der Waals surface area contributed by atoms with Gasteiger partial charge in [-0.25, -0.2) is 9.18 Å². The summed E-state index contributed by atoms with van der Waals surface area (Å²) in [4.78, 5) is 10.9. The zero-order valence-electron chi connectivity index (χ0n) is 9.66. The maximum atomic E-state index is 13.4. The molecule has 1 N–H and O–H groups in total. The van der Waals surface area contributed by atoms with E-state index < -0.39 is 11.8 Å². The summed E-state index contributed by atoms with van der Waals surface area (Å²) in [5, 5.41) is 8.89. The minimum atomic E-state index is -1.05. The van der Waals surface area contributed by atoms with Gasteiger partial charge >= 0.3 is 5.97 Å². The zero-order valence-corrected chi connectivity index (χ0v) is 13.6. The molecule has 2 rings (SSSR count). The molecule has 0 aliphatic carbocycles. The fourth-order valence-corrected chi connectivity index (χ4v) is 2.69. The van der Waals surface area contributed by atoms with Crippen LogP contribution in [0.3, 0.4) is 0 Å². The van der Waals surface area contributed by atoms with Gasteiger partial charge in [-0.3, -0.25) is 0 Å². The molecule has 0 heterocycles. The van der Waals surface area contributed by atoms with Crippen molar-refractivity contribution in [2.75, 3.05) is 0 Å². The molecular formula is C13H6Br2ClFO3. The molecule has 0 aromatic heterocycles. The molecule has 104 valence electrons. The van der Waals surface area contributed by atoms with Crippen molar-refractivity contribution in [2.24, 2.45) is 0 Å². The van der Waals surface area contributed by atoms with Crippen LogP contribution >= 0.6 is 43.5 Å². The smallest absolute Gasteiger partial charge is 0.336 e. The van der Waals surface area contributed by atoms with E-state index in [1.54, 1.807) is 0 Å². The number of rotatable bonds is 3. The van der Waals surface area contributed by atoms with Crippen LogP contribution in [0.5, 0.6) is 11.5 Å². The molecule has 0 saturated heterocycles. The fraction of sp³-hybridized carbons (Fsp3) is 0. The first-order chi connectivity index (χ1) is 9.38. The predicted molar refractivity (Wildman–Crippen MR) is 80.3 cm³/mol. The van der Waals surface area contributed by atoms with Crippen LogP contribution in [0, 0.1) is 5.82 Å². The van der Waals surface area contributed by atoms with Gasteiger partial charge in [0, 0.05) is 10.5 Å². The van der Waals surface area contributed by atoms with E-state index in [1.807, 2.05) is 0 Å². The van der Waals surface area contributed by atoms with Crippen LogP contribution in [0.4, 0.5) is 4.39 Å². The summed E-state index contributed by atoms with van der Waals surface area (Å²) in [5.41, 5.74) is 0.110. The van der Waals surface area contributed by atoms with Gasteiger partial charge in [0.1, 0.15) is 17.3 Å². The van der Waals surface area contributed by atoms with E-state index in [0.29, 0.717) is 14.7 Å². The number of benzene rings is 2. The van der Waals surface area contributed by atoms with E-state index in [-0.39, 0.29) is 16.3 Å². The Morgan fingerprint density at radius 2 is 1.90 bits per heavy atom. The van der Waals surface area contributed by atoms with Crippen molar-refractivity contribution >= 4 is 49.4 Å². The van der Waals surface area contributed by atoms with E-state index in [4.69, 9.17) is 21.4 Å². The van der Waals surface area contributed by atoms with Crippen molar-refractivity contribution < 1.29 is 19.0 Å². The van der Waals surface area contributed by atoms with E-state index in [0.717, 1.165) is 6.07 Å². The molecule has 0 unspecified atom stereocenters. The number of hydrogen-bond acceptors (Lipinski definition) is 2. The lowest BCUT2D eigenvalue weighted by Gasteiger charge is -2.10. The van der Waals surface area contributed by atoms with E-state index in [9.17, 15) is 9.18 Å². The van der Waals surface area contributed by atoms with Crippen molar-refractivity contribution in [1.29, 1.82) is 0 Å². The SMILES string of the molecule is O=C(O)c1ccc(Oc2cc(F)c(Cl)cc2Br)cc1Br. The molecule has 0 atom stereocenters.